The van der Waals surface area contributed by atoms with Gasteiger partial charge in [-0.15, -0.1) is 0 Å². The molecule has 98 valence electrons. The summed E-state index contributed by atoms with van der Waals surface area (Å²) >= 11 is 3.40. The number of carbonyl (C=O) groups excluding carboxylic acids is 1. The van der Waals surface area contributed by atoms with Crippen LogP contribution in [0.2, 0.25) is 0 Å². The van der Waals surface area contributed by atoms with E-state index in [1.165, 1.54) is 12.4 Å². The van der Waals surface area contributed by atoms with Crippen LogP contribution >= 0.6 is 15.9 Å². The Morgan fingerprint density at radius 1 is 1.32 bits per heavy atom. The van der Waals surface area contributed by atoms with Crippen LogP contribution in [0.3, 0.4) is 0 Å². The van der Waals surface area contributed by atoms with E-state index in [9.17, 15) is 4.79 Å². The SMILES string of the molecule is CCC(NC(=O)c1cnccn1)c1ccc(Br)cc1. The Bertz CT molecular complexity index is 542. The highest BCUT2D eigenvalue weighted by Crippen LogP contribution is 2.19. The second-order valence-corrected chi connectivity index (χ2v) is 4.99. The summed E-state index contributed by atoms with van der Waals surface area (Å²) in [6.07, 6.45) is 5.33. The van der Waals surface area contributed by atoms with E-state index in [1.54, 1.807) is 6.20 Å². The van der Waals surface area contributed by atoms with Gasteiger partial charge in [-0.2, -0.15) is 0 Å². The van der Waals surface area contributed by atoms with E-state index in [1.807, 2.05) is 31.2 Å². The lowest BCUT2D eigenvalue weighted by atomic mass is 10.0. The quantitative estimate of drug-likeness (QED) is 0.942. The highest BCUT2D eigenvalue weighted by molar-refractivity contribution is 9.10. The van der Waals surface area contributed by atoms with E-state index in [4.69, 9.17) is 0 Å². The van der Waals surface area contributed by atoms with Gasteiger partial charge in [0.25, 0.3) is 5.91 Å². The third-order valence-corrected chi connectivity index (χ3v) is 3.31. The second-order valence-electron chi connectivity index (χ2n) is 4.08. The molecule has 1 heterocycles. The fourth-order valence-electron chi connectivity index (χ4n) is 1.76. The van der Waals surface area contributed by atoms with Crippen molar-refractivity contribution in [2.75, 3.05) is 0 Å². The van der Waals surface area contributed by atoms with Crippen molar-refractivity contribution in [3.8, 4) is 0 Å². The minimum absolute atomic E-state index is 0.0254. The summed E-state index contributed by atoms with van der Waals surface area (Å²) in [5.41, 5.74) is 1.40. The number of aromatic nitrogens is 2. The Hall–Kier alpha value is -1.75. The zero-order chi connectivity index (χ0) is 13.7. The van der Waals surface area contributed by atoms with Crippen LogP contribution in [0.5, 0.6) is 0 Å². The van der Waals surface area contributed by atoms with Crippen molar-refractivity contribution in [1.82, 2.24) is 15.3 Å². The van der Waals surface area contributed by atoms with Gasteiger partial charge in [0.2, 0.25) is 0 Å². The van der Waals surface area contributed by atoms with E-state index >= 15 is 0 Å². The normalized spacial score (nSPS) is 11.9. The lowest BCUT2D eigenvalue weighted by molar-refractivity contribution is 0.0930. The summed E-state index contributed by atoms with van der Waals surface area (Å²) in [7, 11) is 0. The molecule has 0 aliphatic heterocycles. The van der Waals surface area contributed by atoms with E-state index in [2.05, 4.69) is 31.2 Å². The zero-order valence-corrected chi connectivity index (χ0v) is 12.1. The summed E-state index contributed by atoms with van der Waals surface area (Å²) in [4.78, 5) is 19.9. The number of amides is 1. The average molecular weight is 320 g/mol. The molecule has 1 aromatic carbocycles. The lowest BCUT2D eigenvalue weighted by Gasteiger charge is -2.17. The monoisotopic (exact) mass is 319 g/mol. The van der Waals surface area contributed by atoms with Crippen LogP contribution in [-0.2, 0) is 0 Å². The number of nitrogens with zero attached hydrogens (tertiary/aromatic N) is 2. The molecule has 1 atom stereocenters. The minimum atomic E-state index is -0.206. The molecule has 0 aliphatic carbocycles. The van der Waals surface area contributed by atoms with Gasteiger partial charge in [-0.25, -0.2) is 4.98 Å². The number of halogens is 1. The van der Waals surface area contributed by atoms with Gasteiger partial charge in [0, 0.05) is 16.9 Å². The van der Waals surface area contributed by atoms with Gasteiger partial charge in [0.05, 0.1) is 12.2 Å². The van der Waals surface area contributed by atoms with Crippen LogP contribution in [0.1, 0.15) is 35.4 Å². The summed E-state index contributed by atoms with van der Waals surface area (Å²) in [5.74, 6) is -0.206. The highest BCUT2D eigenvalue weighted by atomic mass is 79.9. The molecular weight excluding hydrogens is 306 g/mol. The van der Waals surface area contributed by atoms with Gasteiger partial charge < -0.3 is 5.32 Å². The molecule has 0 radical (unpaired) electrons. The molecule has 5 heteroatoms. The Morgan fingerprint density at radius 2 is 2.05 bits per heavy atom. The molecule has 0 saturated carbocycles. The molecule has 19 heavy (non-hydrogen) atoms. The zero-order valence-electron chi connectivity index (χ0n) is 10.5. The van der Waals surface area contributed by atoms with Gasteiger partial charge in [0.1, 0.15) is 5.69 Å². The third-order valence-electron chi connectivity index (χ3n) is 2.78. The predicted octanol–water partition coefficient (Wildman–Crippen LogP) is 3.12. The van der Waals surface area contributed by atoms with Crippen LogP contribution in [-0.4, -0.2) is 15.9 Å². The fourth-order valence-corrected chi connectivity index (χ4v) is 2.03. The summed E-state index contributed by atoms with van der Waals surface area (Å²) in [5, 5.41) is 2.96. The highest BCUT2D eigenvalue weighted by Gasteiger charge is 2.14. The largest absolute Gasteiger partial charge is 0.344 e. The average Bonchev–Trinajstić information content (AvgIpc) is 2.46. The standard InChI is InChI=1S/C14H14BrN3O/c1-2-12(10-3-5-11(15)6-4-10)18-14(19)13-9-16-7-8-17-13/h3-9,12H,2H2,1H3,(H,18,19). The number of hydrogen-bond acceptors (Lipinski definition) is 3. The minimum Gasteiger partial charge on any atom is -0.344 e. The summed E-state index contributed by atoms with van der Waals surface area (Å²) in [6, 6.07) is 7.89. The molecule has 2 aromatic rings. The van der Waals surface area contributed by atoms with Gasteiger partial charge in [0.15, 0.2) is 0 Å². The maximum absolute atomic E-state index is 12.0. The van der Waals surface area contributed by atoms with Crippen LogP contribution in [0, 0.1) is 0 Å². The van der Waals surface area contributed by atoms with Crippen molar-refractivity contribution in [2.45, 2.75) is 19.4 Å². The number of nitrogens with one attached hydrogen (secondary N) is 1. The van der Waals surface area contributed by atoms with Crippen molar-refractivity contribution < 1.29 is 4.79 Å². The third kappa shape index (κ3) is 3.61. The van der Waals surface area contributed by atoms with Gasteiger partial charge >= 0.3 is 0 Å². The number of hydrogen-bond donors (Lipinski definition) is 1. The maximum atomic E-state index is 12.0. The predicted molar refractivity (Wildman–Crippen MR) is 76.7 cm³/mol. The fraction of sp³-hybridized carbons (Fsp3) is 0.214. The first kappa shape index (κ1) is 13.7. The molecule has 1 amide bonds. The molecule has 0 fully saturated rings. The van der Waals surface area contributed by atoms with E-state index in [0.717, 1.165) is 16.5 Å². The van der Waals surface area contributed by atoms with E-state index in [0.29, 0.717) is 5.69 Å². The number of carbonyl (C=O) groups is 1. The molecule has 1 unspecified atom stereocenters. The molecule has 1 aromatic heterocycles. The van der Waals surface area contributed by atoms with Crippen molar-refractivity contribution in [1.29, 1.82) is 0 Å². The molecule has 1 N–H and O–H groups in total. The molecule has 0 bridgehead atoms. The topological polar surface area (TPSA) is 54.9 Å². The lowest BCUT2D eigenvalue weighted by Crippen LogP contribution is -2.28. The molecule has 0 saturated heterocycles. The van der Waals surface area contributed by atoms with Crippen LogP contribution in [0.4, 0.5) is 0 Å². The number of benzene rings is 1. The Morgan fingerprint density at radius 3 is 2.63 bits per heavy atom. The van der Waals surface area contributed by atoms with Crippen molar-refractivity contribution in [3.63, 3.8) is 0 Å². The van der Waals surface area contributed by atoms with E-state index < -0.39 is 0 Å². The Balaban J connectivity index is 2.11. The Kier molecular flexibility index (Phi) is 4.63. The van der Waals surface area contributed by atoms with Crippen LogP contribution < -0.4 is 5.32 Å². The molecular formula is C14H14BrN3O. The van der Waals surface area contributed by atoms with Crippen molar-refractivity contribution in [3.05, 3.63) is 58.6 Å². The summed E-state index contributed by atoms with van der Waals surface area (Å²) in [6.45, 7) is 2.03. The maximum Gasteiger partial charge on any atom is 0.271 e. The van der Waals surface area contributed by atoms with Gasteiger partial charge in [-0.3, -0.25) is 9.78 Å². The first-order valence-electron chi connectivity index (χ1n) is 6.03. The summed E-state index contributed by atoms with van der Waals surface area (Å²) < 4.78 is 1.02. The van der Waals surface area contributed by atoms with Crippen LogP contribution in [0.25, 0.3) is 0 Å². The Labute approximate surface area is 120 Å². The van der Waals surface area contributed by atoms with E-state index in [-0.39, 0.29) is 11.9 Å². The smallest absolute Gasteiger partial charge is 0.271 e. The number of rotatable bonds is 4. The van der Waals surface area contributed by atoms with Crippen LogP contribution in [0.15, 0.2) is 47.3 Å². The molecule has 2 rings (SSSR count). The molecule has 0 aliphatic rings. The second kappa shape index (κ2) is 6.43. The first-order chi connectivity index (χ1) is 9.20. The van der Waals surface area contributed by atoms with Gasteiger partial charge in [-0.1, -0.05) is 35.0 Å². The molecule has 4 nitrogen and oxygen atoms in total. The first-order valence-corrected chi connectivity index (χ1v) is 6.82. The molecule has 0 spiro atoms. The van der Waals surface area contributed by atoms with Crippen molar-refractivity contribution >= 4 is 21.8 Å². The van der Waals surface area contributed by atoms with Gasteiger partial charge in [-0.05, 0) is 24.1 Å². The van der Waals surface area contributed by atoms with Crippen molar-refractivity contribution in [2.24, 2.45) is 0 Å².